The van der Waals surface area contributed by atoms with Crippen LogP contribution in [0.2, 0.25) is 0 Å². The minimum absolute atomic E-state index is 0.120. The zero-order valence-electron chi connectivity index (χ0n) is 57.5. The number of esters is 1. The third-order valence-electron chi connectivity index (χ3n) is 17.3. The van der Waals surface area contributed by atoms with Crippen molar-refractivity contribution in [2.75, 3.05) is 13.2 Å². The summed E-state index contributed by atoms with van der Waals surface area (Å²) >= 11 is 0. The Morgan fingerprint density at radius 2 is 0.775 bits per heavy atom. The highest BCUT2D eigenvalue weighted by Gasteiger charge is 2.47. The van der Waals surface area contributed by atoms with Gasteiger partial charge in [-0.1, -0.05) is 311 Å². The van der Waals surface area contributed by atoms with Gasteiger partial charge in [0.2, 0.25) is 5.91 Å². The van der Waals surface area contributed by atoms with Crippen molar-refractivity contribution in [3.05, 3.63) is 85.1 Å². The Labute approximate surface area is 546 Å². The highest BCUT2D eigenvalue weighted by Crippen LogP contribution is 2.26. The van der Waals surface area contributed by atoms with E-state index < -0.39 is 67.4 Å². The van der Waals surface area contributed by atoms with Crippen molar-refractivity contribution in [3.8, 4) is 0 Å². The van der Waals surface area contributed by atoms with Crippen LogP contribution in [0.5, 0.6) is 0 Å². The molecule has 0 aliphatic carbocycles. The van der Waals surface area contributed by atoms with Gasteiger partial charge in [-0.2, -0.15) is 0 Å². The van der Waals surface area contributed by atoms with Gasteiger partial charge in [0.25, 0.3) is 0 Å². The number of nitrogens with one attached hydrogen (secondary N) is 1. The normalized spacial score (nSPS) is 18.6. The molecule has 0 saturated carbocycles. The van der Waals surface area contributed by atoms with E-state index in [1.165, 1.54) is 199 Å². The van der Waals surface area contributed by atoms with Crippen molar-refractivity contribution in [1.29, 1.82) is 0 Å². The van der Waals surface area contributed by atoms with E-state index in [4.69, 9.17) is 14.2 Å². The minimum Gasteiger partial charge on any atom is -0.454 e. The molecule has 1 amide bonds. The topological polar surface area (TPSA) is 175 Å². The maximum atomic E-state index is 13.5. The Morgan fingerprint density at radius 3 is 1.18 bits per heavy atom. The molecule has 516 valence electrons. The highest BCUT2D eigenvalue weighted by atomic mass is 16.7. The molecule has 11 nitrogen and oxygen atoms in total. The van der Waals surface area contributed by atoms with Crippen LogP contribution in [-0.2, 0) is 23.8 Å². The number of hydrogen-bond acceptors (Lipinski definition) is 10. The summed E-state index contributed by atoms with van der Waals surface area (Å²) < 4.78 is 17.7. The smallest absolute Gasteiger partial charge is 0.306 e. The van der Waals surface area contributed by atoms with Crippen molar-refractivity contribution in [3.63, 3.8) is 0 Å². The zero-order valence-corrected chi connectivity index (χ0v) is 57.5. The number of carbonyl (C=O) groups excluding carboxylic acids is 2. The van der Waals surface area contributed by atoms with Crippen LogP contribution in [0.15, 0.2) is 85.1 Å². The summed E-state index contributed by atoms with van der Waals surface area (Å²) in [5.41, 5.74) is 0. The van der Waals surface area contributed by atoms with Gasteiger partial charge >= 0.3 is 5.97 Å². The predicted octanol–water partition coefficient (Wildman–Crippen LogP) is 19.6. The van der Waals surface area contributed by atoms with Gasteiger partial charge in [0.15, 0.2) is 12.4 Å². The molecule has 0 spiro atoms. The van der Waals surface area contributed by atoms with E-state index >= 15 is 0 Å². The van der Waals surface area contributed by atoms with Crippen molar-refractivity contribution >= 4 is 11.9 Å². The molecule has 0 bridgehead atoms. The quantitative estimate of drug-likeness (QED) is 0.0195. The van der Waals surface area contributed by atoms with Gasteiger partial charge in [-0.05, 0) is 103 Å². The lowest BCUT2D eigenvalue weighted by Gasteiger charge is -2.41. The lowest BCUT2D eigenvalue weighted by molar-refractivity contribution is -0.305. The van der Waals surface area contributed by atoms with Crippen LogP contribution in [0.1, 0.15) is 335 Å². The van der Waals surface area contributed by atoms with E-state index in [0.717, 1.165) is 89.9 Å². The van der Waals surface area contributed by atoms with Gasteiger partial charge in [-0.15, -0.1) is 0 Å². The fraction of sp³-hybridized carbons (Fsp3) is 0.795. The Kier molecular flexibility index (Phi) is 61.2. The zero-order chi connectivity index (χ0) is 64.6. The number of amides is 1. The molecule has 0 radical (unpaired) electrons. The van der Waals surface area contributed by atoms with Crippen molar-refractivity contribution in [2.45, 2.75) is 384 Å². The second-order valence-corrected chi connectivity index (χ2v) is 25.7. The monoisotopic (exact) mass is 1250 g/mol. The van der Waals surface area contributed by atoms with Gasteiger partial charge in [-0.3, -0.25) is 9.59 Å². The largest absolute Gasteiger partial charge is 0.454 e. The fourth-order valence-electron chi connectivity index (χ4n) is 11.4. The molecular weight excluding hydrogens is 1110 g/mol. The number of aliphatic hydroxyl groups is 5. The molecule has 1 heterocycles. The lowest BCUT2D eigenvalue weighted by Crippen LogP contribution is -2.61. The highest BCUT2D eigenvalue weighted by molar-refractivity contribution is 5.80. The van der Waals surface area contributed by atoms with Crippen molar-refractivity contribution in [1.82, 2.24) is 5.32 Å². The van der Waals surface area contributed by atoms with Crippen LogP contribution < -0.4 is 5.32 Å². The van der Waals surface area contributed by atoms with E-state index in [1.54, 1.807) is 6.08 Å². The predicted molar refractivity (Wildman–Crippen MR) is 375 cm³/mol. The molecule has 8 unspecified atom stereocenters. The third kappa shape index (κ3) is 52.0. The maximum Gasteiger partial charge on any atom is 0.306 e. The average molecular weight is 1250 g/mol. The van der Waals surface area contributed by atoms with Gasteiger partial charge < -0.3 is 45.1 Å². The molecule has 1 rings (SSSR count). The van der Waals surface area contributed by atoms with E-state index in [2.05, 4.69) is 99.0 Å². The summed E-state index contributed by atoms with van der Waals surface area (Å²) in [5, 5.41) is 57.4. The summed E-state index contributed by atoms with van der Waals surface area (Å²) in [7, 11) is 0. The van der Waals surface area contributed by atoms with Gasteiger partial charge in [0, 0.05) is 6.42 Å². The number of allylic oxidation sites excluding steroid dienone is 13. The molecule has 1 saturated heterocycles. The molecule has 1 aliphatic heterocycles. The van der Waals surface area contributed by atoms with E-state index in [9.17, 15) is 35.1 Å². The van der Waals surface area contributed by atoms with Gasteiger partial charge in [0.05, 0.1) is 25.4 Å². The van der Waals surface area contributed by atoms with Crippen LogP contribution in [-0.4, -0.2) is 99.6 Å². The van der Waals surface area contributed by atoms with Crippen molar-refractivity contribution < 1.29 is 49.3 Å². The summed E-state index contributed by atoms with van der Waals surface area (Å²) in [4.78, 5) is 26.7. The average Bonchev–Trinajstić information content (AvgIpc) is 3.11. The van der Waals surface area contributed by atoms with Crippen LogP contribution in [0.4, 0.5) is 0 Å². The maximum absolute atomic E-state index is 13.5. The molecule has 0 aromatic rings. The standard InChI is InChI=1S/C78H139NO10/c1-4-7-10-13-16-19-22-25-27-29-31-33-35-37-38-40-42-44-47-50-53-56-59-62-65-71(82)77(86)79-69(70(81)64-61-58-55-52-49-46-24-21-18-15-12-9-6-3)68-87-78-76(75(85)74(84)72(67-80)88-78)89-73(83)66-63-60-57-54-51-48-45-43-41-39-36-34-32-30-28-26-23-20-17-14-11-8-5-2/h16-17,19-20,25-28,31,33,37-38,61,64,69-72,74-76,78,80-82,84-85H,4-15,18,21-24,29-30,32,34-36,39-60,62-63,65-68H2,1-3H3,(H,79,86)/b19-16-,20-17-,27-25-,28-26-,33-31-,38-37-,64-61+. The second-order valence-electron chi connectivity index (χ2n) is 25.7. The van der Waals surface area contributed by atoms with Crippen LogP contribution in [0, 0.1) is 0 Å². The summed E-state index contributed by atoms with van der Waals surface area (Å²) in [6.45, 7) is 5.78. The summed E-state index contributed by atoms with van der Waals surface area (Å²) in [6.07, 6.45) is 76.1. The first kappa shape index (κ1) is 83.9. The second kappa shape index (κ2) is 64.9. The third-order valence-corrected chi connectivity index (χ3v) is 17.3. The molecule has 89 heavy (non-hydrogen) atoms. The van der Waals surface area contributed by atoms with Crippen LogP contribution >= 0.6 is 0 Å². The lowest BCUT2D eigenvalue weighted by atomic mass is 9.99. The van der Waals surface area contributed by atoms with Crippen LogP contribution in [0.25, 0.3) is 0 Å². The molecule has 1 fully saturated rings. The first-order valence-electron chi connectivity index (χ1n) is 37.4. The molecule has 6 N–H and O–H groups in total. The first-order chi connectivity index (χ1) is 43.7. The van der Waals surface area contributed by atoms with E-state index in [0.29, 0.717) is 12.8 Å². The molecule has 8 atom stereocenters. The van der Waals surface area contributed by atoms with Gasteiger partial charge in [0.1, 0.15) is 24.4 Å². The number of carbonyl (C=O) groups is 2. The number of aliphatic hydroxyl groups excluding tert-OH is 5. The molecular formula is C78H139NO10. The summed E-state index contributed by atoms with van der Waals surface area (Å²) in [6, 6.07) is -1.03. The Bertz CT molecular complexity index is 1780. The molecule has 1 aliphatic rings. The Hall–Kier alpha value is -3.16. The van der Waals surface area contributed by atoms with Crippen LogP contribution in [0.3, 0.4) is 0 Å². The van der Waals surface area contributed by atoms with E-state index in [-0.39, 0.29) is 19.4 Å². The minimum atomic E-state index is -1.62. The SMILES string of the molecule is CCCCC/C=C\C/C=C\C/C=C\C/C=C\CCCCCCCCCCC(O)C(=O)NC(COC1OC(CO)C(O)C(O)C1OC(=O)CCCCCCCCCCCCCCC/C=C\C/C=C\CCCCC)C(O)/C=C/CCCCCCCCCCCCC. The van der Waals surface area contributed by atoms with E-state index in [1.807, 2.05) is 6.08 Å². The number of hydrogen-bond donors (Lipinski definition) is 6. The number of unbranched alkanes of at least 4 members (excludes halogenated alkanes) is 38. The summed E-state index contributed by atoms with van der Waals surface area (Å²) in [5.74, 6) is -1.19. The number of ether oxygens (including phenoxy) is 3. The number of rotatable bonds is 64. The van der Waals surface area contributed by atoms with Gasteiger partial charge in [-0.25, -0.2) is 0 Å². The van der Waals surface area contributed by atoms with Crippen molar-refractivity contribution in [2.24, 2.45) is 0 Å². The molecule has 0 aromatic heterocycles. The molecule has 0 aromatic carbocycles. The fourth-order valence-corrected chi connectivity index (χ4v) is 11.4. The Balaban J connectivity index is 2.57. The Morgan fingerprint density at radius 1 is 0.438 bits per heavy atom. The molecule has 11 heteroatoms. The first-order valence-corrected chi connectivity index (χ1v) is 37.4.